The summed E-state index contributed by atoms with van der Waals surface area (Å²) in [5, 5.41) is 8.44. The molecule has 2 aromatic carbocycles. The Bertz CT molecular complexity index is 1160. The highest BCUT2D eigenvalue weighted by Gasteiger charge is 2.24. The normalized spacial score (nSPS) is 11.3. The first kappa shape index (κ1) is 21.1. The van der Waals surface area contributed by atoms with Crippen LogP contribution in [0.3, 0.4) is 0 Å². The second-order valence-electron chi connectivity index (χ2n) is 5.87. The summed E-state index contributed by atoms with van der Waals surface area (Å²) >= 11 is 12.1. The lowest BCUT2D eigenvalue weighted by atomic mass is 10.3. The van der Waals surface area contributed by atoms with Crippen molar-refractivity contribution in [1.82, 2.24) is 19.7 Å². The number of benzene rings is 2. The first-order chi connectivity index (χ1) is 13.7. The van der Waals surface area contributed by atoms with Crippen LogP contribution in [-0.2, 0) is 10.0 Å². The Labute approximate surface area is 177 Å². The summed E-state index contributed by atoms with van der Waals surface area (Å²) in [4.78, 5) is 12.4. The molecule has 0 spiro atoms. The standard InChI is InChI=1S/C18H16Cl2N4O4S/c1-3-28-13-5-7-14(8-6-13)29(26,27)22-18(25)17-11(2)24(23-21-17)16-9-4-12(19)10-15(16)20/h4-10H,3H2,1-2H3,(H,22,25). The number of rotatable bonds is 6. The molecule has 0 unspecified atom stereocenters. The van der Waals surface area contributed by atoms with E-state index in [4.69, 9.17) is 27.9 Å². The van der Waals surface area contributed by atoms with Gasteiger partial charge in [-0.2, -0.15) is 0 Å². The van der Waals surface area contributed by atoms with Crippen molar-refractivity contribution in [3.8, 4) is 11.4 Å². The van der Waals surface area contributed by atoms with Gasteiger partial charge in [0, 0.05) is 5.02 Å². The first-order valence-electron chi connectivity index (χ1n) is 8.40. The largest absolute Gasteiger partial charge is 0.494 e. The average Bonchev–Trinajstić information content (AvgIpc) is 3.03. The third-order valence-corrected chi connectivity index (χ3v) is 5.80. The lowest BCUT2D eigenvalue weighted by Gasteiger charge is -2.08. The van der Waals surface area contributed by atoms with Crippen LogP contribution in [0.25, 0.3) is 5.69 Å². The zero-order chi connectivity index (χ0) is 21.2. The summed E-state index contributed by atoms with van der Waals surface area (Å²) in [5.41, 5.74) is 0.619. The third-order valence-electron chi connectivity index (χ3n) is 3.92. The van der Waals surface area contributed by atoms with E-state index in [-0.39, 0.29) is 10.6 Å². The average molecular weight is 455 g/mol. The zero-order valence-corrected chi connectivity index (χ0v) is 17.7. The molecule has 0 saturated carbocycles. The lowest BCUT2D eigenvalue weighted by Crippen LogP contribution is -2.31. The molecule has 0 aliphatic rings. The Balaban J connectivity index is 1.85. The number of carbonyl (C=O) groups excluding carboxylic acids is 1. The van der Waals surface area contributed by atoms with Crippen LogP contribution in [0.2, 0.25) is 10.0 Å². The van der Waals surface area contributed by atoms with Crippen LogP contribution in [-0.4, -0.2) is 35.9 Å². The molecule has 1 heterocycles. The molecule has 0 fully saturated rings. The molecular formula is C18H16Cl2N4O4S. The molecule has 8 nitrogen and oxygen atoms in total. The van der Waals surface area contributed by atoms with Crippen molar-refractivity contribution in [2.45, 2.75) is 18.7 Å². The number of carbonyl (C=O) groups is 1. The van der Waals surface area contributed by atoms with Gasteiger partial charge in [-0.25, -0.2) is 17.8 Å². The minimum absolute atomic E-state index is 0.0832. The fraction of sp³-hybridized carbons (Fsp3) is 0.167. The zero-order valence-electron chi connectivity index (χ0n) is 15.4. The molecule has 3 aromatic rings. The van der Waals surface area contributed by atoms with Crippen molar-refractivity contribution in [2.24, 2.45) is 0 Å². The molecule has 0 aliphatic carbocycles. The van der Waals surface area contributed by atoms with E-state index in [1.807, 2.05) is 11.6 Å². The molecule has 0 atom stereocenters. The van der Waals surface area contributed by atoms with Gasteiger partial charge in [0.25, 0.3) is 15.9 Å². The molecule has 0 bridgehead atoms. The second-order valence-corrected chi connectivity index (χ2v) is 8.40. The maximum atomic E-state index is 12.5. The van der Waals surface area contributed by atoms with Crippen LogP contribution < -0.4 is 9.46 Å². The predicted molar refractivity (Wildman–Crippen MR) is 108 cm³/mol. The van der Waals surface area contributed by atoms with Crippen molar-refractivity contribution >= 4 is 39.1 Å². The van der Waals surface area contributed by atoms with Crippen LogP contribution in [0.5, 0.6) is 5.75 Å². The van der Waals surface area contributed by atoms with Crippen molar-refractivity contribution in [3.63, 3.8) is 0 Å². The summed E-state index contributed by atoms with van der Waals surface area (Å²) in [7, 11) is -4.10. The van der Waals surface area contributed by atoms with Crippen LogP contribution in [0.15, 0.2) is 47.4 Å². The summed E-state index contributed by atoms with van der Waals surface area (Å²) in [5.74, 6) is -0.385. The van der Waals surface area contributed by atoms with Crippen LogP contribution in [0.4, 0.5) is 0 Å². The van der Waals surface area contributed by atoms with Crippen LogP contribution in [0.1, 0.15) is 23.1 Å². The summed E-state index contributed by atoms with van der Waals surface area (Å²) in [6.07, 6.45) is 0. The number of aromatic nitrogens is 3. The van der Waals surface area contributed by atoms with Gasteiger partial charge < -0.3 is 4.74 Å². The highest BCUT2D eigenvalue weighted by Crippen LogP contribution is 2.25. The SMILES string of the molecule is CCOc1ccc(S(=O)(=O)NC(=O)c2nnn(-c3ccc(Cl)cc3Cl)c2C)cc1. The fourth-order valence-electron chi connectivity index (χ4n) is 2.53. The molecular weight excluding hydrogens is 439 g/mol. The molecule has 29 heavy (non-hydrogen) atoms. The van der Waals surface area contributed by atoms with E-state index in [1.165, 1.54) is 35.0 Å². The van der Waals surface area contributed by atoms with E-state index in [9.17, 15) is 13.2 Å². The van der Waals surface area contributed by atoms with Crippen molar-refractivity contribution in [2.75, 3.05) is 6.61 Å². The lowest BCUT2D eigenvalue weighted by molar-refractivity contribution is 0.0976. The Kier molecular flexibility index (Phi) is 6.11. The molecule has 0 aliphatic heterocycles. The molecule has 3 rings (SSSR count). The molecule has 0 radical (unpaired) electrons. The molecule has 11 heteroatoms. The van der Waals surface area contributed by atoms with E-state index < -0.39 is 15.9 Å². The number of nitrogens with one attached hydrogen (secondary N) is 1. The summed E-state index contributed by atoms with van der Waals surface area (Å²) in [6, 6.07) is 10.5. The fourth-order valence-corrected chi connectivity index (χ4v) is 3.97. The highest BCUT2D eigenvalue weighted by molar-refractivity contribution is 7.90. The minimum Gasteiger partial charge on any atom is -0.494 e. The summed E-state index contributed by atoms with van der Waals surface area (Å²) in [6.45, 7) is 3.84. The van der Waals surface area contributed by atoms with Gasteiger partial charge in [-0.15, -0.1) is 5.10 Å². The molecule has 1 N–H and O–H groups in total. The number of hydrogen-bond acceptors (Lipinski definition) is 6. The van der Waals surface area contributed by atoms with E-state index in [1.54, 1.807) is 19.1 Å². The van der Waals surface area contributed by atoms with E-state index >= 15 is 0 Å². The topological polar surface area (TPSA) is 103 Å². The number of nitrogens with zero attached hydrogens (tertiary/aromatic N) is 3. The number of amides is 1. The van der Waals surface area contributed by atoms with E-state index in [0.29, 0.717) is 33.8 Å². The minimum atomic E-state index is -4.10. The number of ether oxygens (including phenoxy) is 1. The third kappa shape index (κ3) is 4.52. The molecule has 1 aromatic heterocycles. The Morgan fingerprint density at radius 3 is 2.48 bits per heavy atom. The quantitative estimate of drug-likeness (QED) is 0.611. The monoisotopic (exact) mass is 454 g/mol. The first-order valence-corrected chi connectivity index (χ1v) is 10.6. The van der Waals surface area contributed by atoms with Crippen molar-refractivity contribution in [1.29, 1.82) is 0 Å². The Hall–Kier alpha value is -2.62. The van der Waals surface area contributed by atoms with Gasteiger partial charge in [0.1, 0.15) is 5.75 Å². The van der Waals surface area contributed by atoms with Crippen LogP contribution >= 0.6 is 23.2 Å². The maximum Gasteiger partial charge on any atom is 0.287 e. The van der Waals surface area contributed by atoms with Gasteiger partial charge >= 0.3 is 0 Å². The predicted octanol–water partition coefficient (Wildman–Crippen LogP) is 3.40. The molecule has 1 amide bonds. The van der Waals surface area contributed by atoms with E-state index in [0.717, 1.165) is 0 Å². The maximum absolute atomic E-state index is 12.5. The smallest absolute Gasteiger partial charge is 0.287 e. The number of hydrogen-bond donors (Lipinski definition) is 1. The van der Waals surface area contributed by atoms with Crippen molar-refractivity contribution in [3.05, 3.63) is 63.9 Å². The number of sulfonamides is 1. The van der Waals surface area contributed by atoms with Crippen LogP contribution in [0, 0.1) is 6.92 Å². The van der Waals surface area contributed by atoms with Gasteiger partial charge in [0.05, 0.1) is 27.9 Å². The van der Waals surface area contributed by atoms with Gasteiger partial charge in [0.15, 0.2) is 5.69 Å². The second kappa shape index (κ2) is 8.40. The van der Waals surface area contributed by atoms with Gasteiger partial charge in [-0.3, -0.25) is 4.79 Å². The van der Waals surface area contributed by atoms with Crippen molar-refractivity contribution < 1.29 is 17.9 Å². The summed E-state index contributed by atoms with van der Waals surface area (Å²) < 4.78 is 33.6. The molecule has 0 saturated heterocycles. The van der Waals surface area contributed by atoms with Gasteiger partial charge in [-0.05, 0) is 56.3 Å². The van der Waals surface area contributed by atoms with Gasteiger partial charge in [0.2, 0.25) is 0 Å². The van der Waals surface area contributed by atoms with Gasteiger partial charge in [-0.1, -0.05) is 28.4 Å². The Morgan fingerprint density at radius 1 is 1.17 bits per heavy atom. The molecule has 152 valence electrons. The number of halogens is 2. The van der Waals surface area contributed by atoms with E-state index in [2.05, 4.69) is 10.3 Å². The highest BCUT2D eigenvalue weighted by atomic mass is 35.5. The Morgan fingerprint density at radius 2 is 1.86 bits per heavy atom.